The van der Waals surface area contributed by atoms with Crippen molar-refractivity contribution >= 4 is 6.09 Å². The van der Waals surface area contributed by atoms with E-state index in [0.717, 1.165) is 18.6 Å². The summed E-state index contributed by atoms with van der Waals surface area (Å²) in [6.45, 7) is 10.7. The highest BCUT2D eigenvalue weighted by Gasteiger charge is 2.15. The molecule has 1 amide bonds. The Morgan fingerprint density at radius 2 is 1.81 bits per heavy atom. The van der Waals surface area contributed by atoms with Gasteiger partial charge in [-0.1, -0.05) is 19.9 Å². The van der Waals surface area contributed by atoms with Crippen LogP contribution in [0.3, 0.4) is 0 Å². The van der Waals surface area contributed by atoms with Crippen molar-refractivity contribution in [2.75, 3.05) is 13.2 Å². The van der Waals surface area contributed by atoms with Crippen LogP contribution >= 0.6 is 0 Å². The third-order valence-electron chi connectivity index (χ3n) is 2.98. The second-order valence-electron chi connectivity index (χ2n) is 5.91. The fourth-order valence-corrected chi connectivity index (χ4v) is 2.00. The molecular formula is C17H27NO3. The highest BCUT2D eigenvalue weighted by molar-refractivity contribution is 5.67. The smallest absolute Gasteiger partial charge is 0.407 e. The van der Waals surface area contributed by atoms with Crippen LogP contribution in [0, 0.1) is 0 Å². The summed E-state index contributed by atoms with van der Waals surface area (Å²) < 4.78 is 10.8. The Morgan fingerprint density at radius 3 is 2.38 bits per heavy atom. The topological polar surface area (TPSA) is 47.6 Å². The van der Waals surface area contributed by atoms with Crippen molar-refractivity contribution in [1.82, 2.24) is 5.32 Å². The van der Waals surface area contributed by atoms with Gasteiger partial charge in [0.2, 0.25) is 0 Å². The normalized spacial score (nSPS) is 11.1. The van der Waals surface area contributed by atoms with Crippen LogP contribution < -0.4 is 10.1 Å². The van der Waals surface area contributed by atoms with Crippen molar-refractivity contribution in [2.45, 2.75) is 53.1 Å². The number of carbonyl (C=O) groups is 1. The van der Waals surface area contributed by atoms with Gasteiger partial charge in [0.1, 0.15) is 18.0 Å². The molecule has 0 radical (unpaired) electrons. The molecule has 21 heavy (non-hydrogen) atoms. The van der Waals surface area contributed by atoms with Gasteiger partial charge in [-0.15, -0.1) is 0 Å². The molecule has 0 aliphatic rings. The van der Waals surface area contributed by atoms with Gasteiger partial charge in [-0.2, -0.15) is 0 Å². The minimum atomic E-state index is -0.475. The van der Waals surface area contributed by atoms with Gasteiger partial charge in [0.25, 0.3) is 0 Å². The minimum Gasteiger partial charge on any atom is -0.492 e. The number of ether oxygens (including phenoxy) is 2. The monoisotopic (exact) mass is 293 g/mol. The van der Waals surface area contributed by atoms with Crippen molar-refractivity contribution in [1.29, 1.82) is 0 Å². The Morgan fingerprint density at radius 1 is 1.14 bits per heavy atom. The molecule has 0 fully saturated rings. The molecule has 0 aromatic heterocycles. The van der Waals surface area contributed by atoms with E-state index in [-0.39, 0.29) is 0 Å². The van der Waals surface area contributed by atoms with Crippen LogP contribution in [0.4, 0.5) is 4.79 Å². The lowest BCUT2D eigenvalue weighted by atomic mass is 10.0. The lowest BCUT2D eigenvalue weighted by Crippen LogP contribution is -2.34. The molecule has 0 aliphatic carbocycles. The van der Waals surface area contributed by atoms with E-state index < -0.39 is 11.7 Å². The quantitative estimate of drug-likeness (QED) is 0.813. The van der Waals surface area contributed by atoms with Crippen LogP contribution in [0.15, 0.2) is 18.2 Å². The zero-order valence-corrected chi connectivity index (χ0v) is 13.8. The molecule has 4 heteroatoms. The summed E-state index contributed by atoms with van der Waals surface area (Å²) >= 11 is 0. The van der Waals surface area contributed by atoms with Gasteiger partial charge in [-0.25, -0.2) is 4.79 Å². The highest BCUT2D eigenvalue weighted by atomic mass is 16.6. The summed E-state index contributed by atoms with van der Waals surface area (Å²) in [5.41, 5.74) is 2.20. The van der Waals surface area contributed by atoms with Crippen LogP contribution in [0.2, 0.25) is 0 Å². The van der Waals surface area contributed by atoms with Crippen LogP contribution in [0.5, 0.6) is 5.75 Å². The second kappa shape index (κ2) is 7.91. The third-order valence-corrected chi connectivity index (χ3v) is 2.98. The fourth-order valence-electron chi connectivity index (χ4n) is 2.00. The third kappa shape index (κ3) is 6.52. The predicted octanol–water partition coefficient (Wildman–Crippen LogP) is 3.71. The van der Waals surface area contributed by atoms with Crippen molar-refractivity contribution in [3.8, 4) is 5.75 Å². The number of hydrogen-bond acceptors (Lipinski definition) is 3. The molecule has 4 nitrogen and oxygen atoms in total. The zero-order valence-electron chi connectivity index (χ0n) is 13.8. The maximum atomic E-state index is 11.5. The molecule has 118 valence electrons. The van der Waals surface area contributed by atoms with Crippen LogP contribution in [0.1, 0.15) is 45.7 Å². The largest absolute Gasteiger partial charge is 0.492 e. The first-order valence-corrected chi connectivity index (χ1v) is 7.57. The molecule has 0 aliphatic heterocycles. The van der Waals surface area contributed by atoms with Crippen molar-refractivity contribution in [3.63, 3.8) is 0 Å². The van der Waals surface area contributed by atoms with Gasteiger partial charge in [0.05, 0.1) is 6.54 Å². The van der Waals surface area contributed by atoms with Gasteiger partial charge in [0.15, 0.2) is 0 Å². The number of hydrogen-bond donors (Lipinski definition) is 1. The number of benzene rings is 1. The zero-order chi connectivity index (χ0) is 15.9. The van der Waals surface area contributed by atoms with Gasteiger partial charge >= 0.3 is 6.09 Å². The Labute approximate surface area is 127 Å². The van der Waals surface area contributed by atoms with E-state index in [2.05, 4.69) is 31.3 Å². The van der Waals surface area contributed by atoms with Crippen molar-refractivity contribution in [2.24, 2.45) is 0 Å². The van der Waals surface area contributed by atoms with E-state index in [1.807, 2.05) is 26.8 Å². The number of aryl methyl sites for hydroxylation is 2. The summed E-state index contributed by atoms with van der Waals surface area (Å²) in [5, 5.41) is 2.67. The Balaban J connectivity index is 2.38. The lowest BCUT2D eigenvalue weighted by molar-refractivity contribution is 0.0520. The van der Waals surface area contributed by atoms with Gasteiger partial charge in [-0.3, -0.25) is 0 Å². The Kier molecular flexibility index (Phi) is 6.53. The predicted molar refractivity (Wildman–Crippen MR) is 84.9 cm³/mol. The van der Waals surface area contributed by atoms with Crippen LogP contribution in [0.25, 0.3) is 0 Å². The minimum absolute atomic E-state index is 0.415. The molecule has 0 spiro atoms. The first-order valence-electron chi connectivity index (χ1n) is 7.57. The van der Waals surface area contributed by atoms with E-state index >= 15 is 0 Å². The second-order valence-corrected chi connectivity index (χ2v) is 5.91. The average Bonchev–Trinajstić information content (AvgIpc) is 2.41. The maximum absolute atomic E-state index is 11.5. The summed E-state index contributed by atoms with van der Waals surface area (Å²) in [6, 6.07) is 6.16. The molecule has 1 N–H and O–H groups in total. The molecule has 0 saturated heterocycles. The first kappa shape index (κ1) is 17.3. The first-order chi connectivity index (χ1) is 9.85. The summed E-state index contributed by atoms with van der Waals surface area (Å²) in [6.07, 6.45) is 1.61. The summed E-state index contributed by atoms with van der Waals surface area (Å²) in [5.74, 6) is 0.843. The van der Waals surface area contributed by atoms with Crippen molar-refractivity contribution in [3.05, 3.63) is 29.3 Å². The fraction of sp³-hybridized carbons (Fsp3) is 0.588. The van der Waals surface area contributed by atoms with Gasteiger partial charge in [0, 0.05) is 0 Å². The van der Waals surface area contributed by atoms with Crippen LogP contribution in [-0.4, -0.2) is 24.8 Å². The number of alkyl carbamates (subject to hydrolysis) is 1. The molecule has 0 heterocycles. The Bertz CT molecular complexity index is 464. The standard InChI is InChI=1S/C17H27NO3/c1-6-13-8-9-15(12-14(13)7-2)20-11-10-18-16(19)21-17(3,4)5/h8-9,12H,6-7,10-11H2,1-5H3,(H,18,19). The number of carbonyl (C=O) groups excluding carboxylic acids is 1. The van der Waals surface area contributed by atoms with Crippen molar-refractivity contribution < 1.29 is 14.3 Å². The summed E-state index contributed by atoms with van der Waals surface area (Å²) in [7, 11) is 0. The van der Waals surface area contributed by atoms with E-state index in [9.17, 15) is 4.79 Å². The highest BCUT2D eigenvalue weighted by Crippen LogP contribution is 2.19. The number of rotatable bonds is 6. The number of amides is 1. The summed E-state index contributed by atoms with van der Waals surface area (Å²) in [4.78, 5) is 11.5. The molecule has 0 atom stereocenters. The molecule has 1 aromatic rings. The molecule has 0 saturated carbocycles. The lowest BCUT2D eigenvalue weighted by Gasteiger charge is -2.19. The van der Waals surface area contributed by atoms with E-state index in [0.29, 0.717) is 13.2 Å². The molecule has 0 bridgehead atoms. The van der Waals surface area contributed by atoms with E-state index in [1.54, 1.807) is 0 Å². The Hall–Kier alpha value is -1.71. The molecular weight excluding hydrogens is 266 g/mol. The molecule has 0 unspecified atom stereocenters. The van der Waals surface area contributed by atoms with E-state index in [1.165, 1.54) is 11.1 Å². The van der Waals surface area contributed by atoms with Gasteiger partial charge < -0.3 is 14.8 Å². The number of nitrogens with one attached hydrogen (secondary N) is 1. The average molecular weight is 293 g/mol. The van der Waals surface area contributed by atoms with Crippen LogP contribution in [-0.2, 0) is 17.6 Å². The SMILES string of the molecule is CCc1ccc(OCCNC(=O)OC(C)(C)C)cc1CC. The maximum Gasteiger partial charge on any atom is 0.407 e. The van der Waals surface area contributed by atoms with Gasteiger partial charge in [-0.05, 0) is 56.9 Å². The molecule has 1 rings (SSSR count). The molecule has 1 aromatic carbocycles. The van der Waals surface area contributed by atoms with E-state index in [4.69, 9.17) is 9.47 Å².